The molecule has 0 aliphatic heterocycles. The van der Waals surface area contributed by atoms with Crippen LogP contribution < -0.4 is 10.9 Å². The van der Waals surface area contributed by atoms with Crippen LogP contribution in [0.25, 0.3) is 5.69 Å². The second-order valence-corrected chi connectivity index (χ2v) is 6.88. The largest absolute Gasteiger partial charge is 0.505 e. The number of nitrogens with zero attached hydrogens (tertiary/aromatic N) is 2. The van der Waals surface area contributed by atoms with Crippen LogP contribution in [-0.2, 0) is 0 Å². The summed E-state index contributed by atoms with van der Waals surface area (Å²) in [6.07, 6.45) is 0. The Bertz CT molecular complexity index is 1200. The van der Waals surface area contributed by atoms with Gasteiger partial charge in [0.1, 0.15) is 0 Å². The van der Waals surface area contributed by atoms with E-state index in [0.717, 1.165) is 33.4 Å². The topological polar surface area (TPSA) is 159 Å². The number of hydrogen-bond donors (Lipinski definition) is 4. The Morgan fingerprint density at radius 3 is 2.03 bits per heavy atom. The van der Waals surface area contributed by atoms with Crippen molar-refractivity contribution in [3.8, 4) is 11.4 Å². The smallest absolute Gasteiger partial charge is 0.335 e. The van der Waals surface area contributed by atoms with E-state index in [0.29, 0.717) is 5.69 Å². The molecule has 0 fully saturated rings. The Morgan fingerprint density at radius 1 is 0.933 bits per heavy atom. The third-order valence-corrected chi connectivity index (χ3v) is 4.41. The van der Waals surface area contributed by atoms with Crippen molar-refractivity contribution in [1.82, 2.24) is 9.78 Å². The molecule has 10 nitrogen and oxygen atoms in total. The highest BCUT2D eigenvalue weighted by molar-refractivity contribution is 9.10. The molecule has 152 valence electrons. The van der Waals surface area contributed by atoms with Crippen LogP contribution in [0, 0.1) is 0 Å². The zero-order valence-corrected chi connectivity index (χ0v) is 16.5. The van der Waals surface area contributed by atoms with Crippen LogP contribution in [0.15, 0.2) is 57.8 Å². The van der Waals surface area contributed by atoms with Gasteiger partial charge in [-0.1, -0.05) is 15.9 Å². The first-order valence-electron chi connectivity index (χ1n) is 8.18. The van der Waals surface area contributed by atoms with Gasteiger partial charge in [0.05, 0.1) is 16.8 Å². The Morgan fingerprint density at radius 2 is 1.50 bits per heavy atom. The van der Waals surface area contributed by atoms with Gasteiger partial charge in [-0.25, -0.2) is 9.59 Å². The predicted molar refractivity (Wildman–Crippen MR) is 108 cm³/mol. The number of halogens is 1. The van der Waals surface area contributed by atoms with E-state index >= 15 is 0 Å². The first-order valence-corrected chi connectivity index (χ1v) is 8.97. The highest BCUT2D eigenvalue weighted by Gasteiger charge is 2.19. The third kappa shape index (κ3) is 4.36. The van der Waals surface area contributed by atoms with Crippen LogP contribution in [0.4, 0.5) is 5.69 Å². The molecule has 0 saturated heterocycles. The lowest BCUT2D eigenvalue weighted by Gasteiger charge is -2.10. The maximum atomic E-state index is 12.6. The molecular formula is C19H12BrN3O7. The minimum Gasteiger partial charge on any atom is -0.505 e. The van der Waals surface area contributed by atoms with Crippen molar-refractivity contribution >= 4 is 39.5 Å². The summed E-state index contributed by atoms with van der Waals surface area (Å²) in [5.41, 5.74) is -1.73. The van der Waals surface area contributed by atoms with Crippen LogP contribution >= 0.6 is 15.9 Å². The molecule has 30 heavy (non-hydrogen) atoms. The second kappa shape index (κ2) is 8.17. The van der Waals surface area contributed by atoms with Crippen molar-refractivity contribution in [3.63, 3.8) is 0 Å². The molecular weight excluding hydrogens is 462 g/mol. The number of amides is 1. The third-order valence-electron chi connectivity index (χ3n) is 3.88. The Hall–Kier alpha value is -3.99. The number of nitrogens with one attached hydrogen (secondary N) is 1. The number of carboxylic acid groups (broad SMARTS) is 2. The number of anilines is 1. The molecule has 1 heterocycles. The van der Waals surface area contributed by atoms with Gasteiger partial charge in [-0.15, -0.1) is 0 Å². The molecule has 11 heteroatoms. The lowest BCUT2D eigenvalue weighted by Crippen LogP contribution is -2.25. The molecule has 4 N–H and O–H groups in total. The van der Waals surface area contributed by atoms with Crippen molar-refractivity contribution in [3.05, 3.63) is 80.2 Å². The molecule has 0 saturated carbocycles. The normalized spacial score (nSPS) is 10.4. The van der Waals surface area contributed by atoms with Crippen LogP contribution in [0.3, 0.4) is 0 Å². The van der Waals surface area contributed by atoms with Gasteiger partial charge >= 0.3 is 11.9 Å². The summed E-state index contributed by atoms with van der Waals surface area (Å²) in [4.78, 5) is 47.2. The van der Waals surface area contributed by atoms with E-state index in [9.17, 15) is 24.3 Å². The molecule has 0 aliphatic rings. The zero-order chi connectivity index (χ0) is 22.0. The van der Waals surface area contributed by atoms with E-state index in [1.807, 2.05) is 0 Å². The van der Waals surface area contributed by atoms with Crippen molar-refractivity contribution in [2.45, 2.75) is 0 Å². The molecule has 0 bridgehead atoms. The van der Waals surface area contributed by atoms with Gasteiger partial charge in [0.15, 0.2) is 11.4 Å². The summed E-state index contributed by atoms with van der Waals surface area (Å²) < 4.78 is 1.65. The minimum atomic E-state index is -1.39. The number of hydrogen-bond acceptors (Lipinski definition) is 6. The van der Waals surface area contributed by atoms with Crippen LogP contribution in [0.5, 0.6) is 5.75 Å². The van der Waals surface area contributed by atoms with E-state index in [4.69, 9.17) is 10.2 Å². The maximum absolute atomic E-state index is 12.6. The first kappa shape index (κ1) is 20.7. The van der Waals surface area contributed by atoms with E-state index in [1.54, 1.807) is 24.3 Å². The summed E-state index contributed by atoms with van der Waals surface area (Å²) in [6.45, 7) is 0. The SMILES string of the molecule is O=C(O)c1cc(NC(=O)c2nn(-c3ccc(Br)cc3)c(=O)cc2O)cc(C(=O)O)c1. The maximum Gasteiger partial charge on any atom is 0.335 e. The van der Waals surface area contributed by atoms with Gasteiger partial charge in [0, 0.05) is 16.2 Å². The molecule has 0 spiro atoms. The van der Waals surface area contributed by atoms with Crippen LogP contribution in [-0.4, -0.2) is 42.9 Å². The summed E-state index contributed by atoms with van der Waals surface area (Å²) in [5.74, 6) is -4.45. The summed E-state index contributed by atoms with van der Waals surface area (Å²) in [5, 5.41) is 34.4. The van der Waals surface area contributed by atoms with Gasteiger partial charge in [-0.3, -0.25) is 9.59 Å². The van der Waals surface area contributed by atoms with E-state index in [1.165, 1.54) is 0 Å². The molecule has 0 atom stereocenters. The second-order valence-electron chi connectivity index (χ2n) is 5.97. The van der Waals surface area contributed by atoms with Gasteiger partial charge in [0.25, 0.3) is 11.5 Å². The molecule has 0 unspecified atom stereocenters. The van der Waals surface area contributed by atoms with E-state index in [-0.39, 0.29) is 16.8 Å². The van der Waals surface area contributed by atoms with Crippen LogP contribution in [0.1, 0.15) is 31.2 Å². The first-order chi connectivity index (χ1) is 14.2. The van der Waals surface area contributed by atoms with Crippen molar-refractivity contribution in [2.75, 3.05) is 5.32 Å². The molecule has 0 radical (unpaired) electrons. The number of aromatic nitrogens is 2. The average Bonchev–Trinajstić information content (AvgIpc) is 2.68. The standard InChI is InChI=1S/C19H12BrN3O7/c20-11-1-3-13(4-2-11)23-15(25)8-14(24)16(22-23)17(26)21-12-6-9(18(27)28)5-10(7-12)19(29)30/h1-8,24H,(H,21,26)(H,27,28)(H,29,30). The van der Waals surface area contributed by atoms with Gasteiger partial charge < -0.3 is 20.6 Å². The van der Waals surface area contributed by atoms with E-state index < -0.39 is 34.8 Å². The fourth-order valence-electron chi connectivity index (χ4n) is 2.51. The summed E-state index contributed by atoms with van der Waals surface area (Å²) >= 11 is 3.26. The van der Waals surface area contributed by atoms with Crippen LogP contribution in [0.2, 0.25) is 0 Å². The molecule has 1 aromatic heterocycles. The Labute approximate surface area is 176 Å². The molecule has 0 aliphatic carbocycles. The number of aromatic carboxylic acids is 2. The lowest BCUT2D eigenvalue weighted by molar-refractivity contribution is 0.0696. The fraction of sp³-hybridized carbons (Fsp3) is 0. The highest BCUT2D eigenvalue weighted by Crippen LogP contribution is 2.19. The van der Waals surface area contributed by atoms with Crippen molar-refractivity contribution in [2.24, 2.45) is 0 Å². The number of carbonyl (C=O) groups excluding carboxylic acids is 1. The molecule has 3 aromatic rings. The van der Waals surface area contributed by atoms with E-state index in [2.05, 4.69) is 26.3 Å². The summed E-state index contributed by atoms with van der Waals surface area (Å²) in [6, 6.07) is 10.3. The number of benzene rings is 2. The monoisotopic (exact) mass is 473 g/mol. The lowest BCUT2D eigenvalue weighted by atomic mass is 10.1. The van der Waals surface area contributed by atoms with Gasteiger partial charge in [0.2, 0.25) is 0 Å². The minimum absolute atomic E-state index is 0.139. The Kier molecular flexibility index (Phi) is 5.65. The quantitative estimate of drug-likeness (QED) is 0.439. The van der Waals surface area contributed by atoms with Crippen molar-refractivity contribution in [1.29, 1.82) is 0 Å². The summed E-state index contributed by atoms with van der Waals surface area (Å²) in [7, 11) is 0. The number of carbonyl (C=O) groups is 3. The zero-order valence-electron chi connectivity index (χ0n) is 14.9. The highest BCUT2D eigenvalue weighted by atomic mass is 79.9. The Balaban J connectivity index is 2.01. The van der Waals surface area contributed by atoms with Gasteiger partial charge in [-0.2, -0.15) is 9.78 Å². The van der Waals surface area contributed by atoms with Gasteiger partial charge in [-0.05, 0) is 42.5 Å². The fourth-order valence-corrected chi connectivity index (χ4v) is 2.78. The number of aromatic hydroxyl groups is 1. The molecule has 1 amide bonds. The number of carboxylic acids is 2. The predicted octanol–water partition coefficient (Wildman–Crippen LogP) is 2.35. The molecule has 3 rings (SSSR count). The molecule has 2 aromatic carbocycles. The average molecular weight is 474 g/mol. The van der Waals surface area contributed by atoms with Crippen molar-refractivity contribution < 1.29 is 29.7 Å². The number of rotatable bonds is 5.